The Balaban J connectivity index is 2.07. The molecule has 160 valence electrons. The Morgan fingerprint density at radius 2 is 1.77 bits per heavy atom. The van der Waals surface area contributed by atoms with Crippen LogP contribution in [0.4, 0.5) is 4.39 Å². The van der Waals surface area contributed by atoms with Crippen LogP contribution in [0.2, 0.25) is 5.02 Å². The first-order chi connectivity index (χ1) is 14.2. The largest absolute Gasteiger partial charge is 0.490 e. The molecular formula is C22H25ClFN3O3. The molecule has 2 N–H and O–H groups in total. The number of carbonyl (C=O) groups is 2. The second kappa shape index (κ2) is 10.7. The molecular weight excluding hydrogens is 409 g/mol. The van der Waals surface area contributed by atoms with Crippen LogP contribution in [0.15, 0.2) is 47.6 Å². The molecule has 0 fully saturated rings. The lowest BCUT2D eigenvalue weighted by molar-refractivity contribution is -0.123. The summed E-state index contributed by atoms with van der Waals surface area (Å²) in [7, 11) is 0. The van der Waals surface area contributed by atoms with Crippen LogP contribution in [0.3, 0.4) is 0 Å². The molecule has 0 aromatic heterocycles. The van der Waals surface area contributed by atoms with Crippen LogP contribution in [0.5, 0.6) is 5.75 Å². The first kappa shape index (κ1) is 23.3. The van der Waals surface area contributed by atoms with E-state index in [0.717, 1.165) is 0 Å². The van der Waals surface area contributed by atoms with E-state index in [4.69, 9.17) is 16.3 Å². The minimum Gasteiger partial charge on any atom is -0.490 e. The van der Waals surface area contributed by atoms with Crippen molar-refractivity contribution in [3.05, 3.63) is 64.4 Å². The molecule has 2 aromatic carbocycles. The maximum Gasteiger partial charge on any atom is 0.262 e. The summed E-state index contributed by atoms with van der Waals surface area (Å²) in [5.41, 5.74) is 3.30. The van der Waals surface area contributed by atoms with Crippen molar-refractivity contribution in [1.82, 2.24) is 10.7 Å². The van der Waals surface area contributed by atoms with Crippen LogP contribution in [0, 0.1) is 11.7 Å². The minimum absolute atomic E-state index is 0.0417. The van der Waals surface area contributed by atoms with Gasteiger partial charge in [-0.05, 0) is 62.2 Å². The van der Waals surface area contributed by atoms with E-state index < -0.39 is 23.7 Å². The maximum atomic E-state index is 13.0. The Morgan fingerprint density at radius 1 is 1.10 bits per heavy atom. The van der Waals surface area contributed by atoms with Crippen LogP contribution in [0.1, 0.15) is 43.6 Å². The smallest absolute Gasteiger partial charge is 0.262 e. The third kappa shape index (κ3) is 6.84. The third-order valence-electron chi connectivity index (χ3n) is 4.06. The number of hydrogen-bond acceptors (Lipinski definition) is 4. The van der Waals surface area contributed by atoms with Gasteiger partial charge in [-0.15, -0.1) is 0 Å². The van der Waals surface area contributed by atoms with Gasteiger partial charge in [0.1, 0.15) is 17.6 Å². The molecule has 0 saturated heterocycles. The number of ether oxygens (including phenoxy) is 1. The Bertz CT molecular complexity index is 914. The average molecular weight is 434 g/mol. The molecule has 0 aliphatic rings. The zero-order valence-corrected chi connectivity index (χ0v) is 18.0. The van der Waals surface area contributed by atoms with Crippen molar-refractivity contribution >= 4 is 29.6 Å². The Morgan fingerprint density at radius 3 is 2.37 bits per heavy atom. The summed E-state index contributed by atoms with van der Waals surface area (Å²) in [6.07, 6.45) is 1.39. The summed E-state index contributed by atoms with van der Waals surface area (Å²) in [6, 6.07) is 9.36. The van der Waals surface area contributed by atoms with Gasteiger partial charge in [0, 0.05) is 16.1 Å². The molecule has 0 heterocycles. The highest BCUT2D eigenvalue weighted by Gasteiger charge is 2.24. The number of hydrazone groups is 1. The normalized spacial score (nSPS) is 12.3. The predicted molar refractivity (Wildman–Crippen MR) is 115 cm³/mol. The van der Waals surface area contributed by atoms with Gasteiger partial charge in [0.15, 0.2) is 0 Å². The monoisotopic (exact) mass is 433 g/mol. The summed E-state index contributed by atoms with van der Waals surface area (Å²) in [6.45, 7) is 7.39. The first-order valence-electron chi connectivity index (χ1n) is 9.53. The van der Waals surface area contributed by atoms with Gasteiger partial charge >= 0.3 is 0 Å². The molecule has 0 bridgehead atoms. The molecule has 0 spiro atoms. The quantitative estimate of drug-likeness (QED) is 0.484. The molecule has 1 unspecified atom stereocenters. The van der Waals surface area contributed by atoms with Crippen molar-refractivity contribution in [2.24, 2.45) is 11.0 Å². The van der Waals surface area contributed by atoms with E-state index in [0.29, 0.717) is 16.3 Å². The van der Waals surface area contributed by atoms with Crippen molar-refractivity contribution in [1.29, 1.82) is 0 Å². The number of benzene rings is 2. The van der Waals surface area contributed by atoms with E-state index in [-0.39, 0.29) is 17.6 Å². The summed E-state index contributed by atoms with van der Waals surface area (Å²) in [4.78, 5) is 24.9. The van der Waals surface area contributed by atoms with E-state index >= 15 is 0 Å². The van der Waals surface area contributed by atoms with Crippen LogP contribution in [-0.2, 0) is 4.79 Å². The molecule has 8 heteroatoms. The number of amides is 2. The highest BCUT2D eigenvalue weighted by molar-refractivity contribution is 6.30. The molecule has 0 aliphatic heterocycles. The number of nitrogens with one attached hydrogen (secondary N) is 2. The number of nitrogens with zero attached hydrogens (tertiary/aromatic N) is 1. The summed E-state index contributed by atoms with van der Waals surface area (Å²) >= 11 is 6.04. The molecule has 2 aromatic rings. The number of rotatable bonds is 8. The highest BCUT2D eigenvalue weighted by Crippen LogP contribution is 2.22. The van der Waals surface area contributed by atoms with Crippen LogP contribution in [-0.4, -0.2) is 30.2 Å². The Labute approximate surface area is 180 Å². The summed E-state index contributed by atoms with van der Waals surface area (Å²) in [5, 5.41) is 7.14. The van der Waals surface area contributed by atoms with E-state index in [9.17, 15) is 14.0 Å². The van der Waals surface area contributed by atoms with Crippen LogP contribution < -0.4 is 15.5 Å². The molecule has 0 aliphatic carbocycles. The Hall–Kier alpha value is -2.93. The number of hydrogen-bond donors (Lipinski definition) is 2. The van der Waals surface area contributed by atoms with Gasteiger partial charge in [0.25, 0.3) is 11.8 Å². The van der Waals surface area contributed by atoms with Crippen molar-refractivity contribution in [3.8, 4) is 5.75 Å². The molecule has 6 nitrogen and oxygen atoms in total. The van der Waals surface area contributed by atoms with Crippen molar-refractivity contribution in [2.75, 3.05) is 0 Å². The van der Waals surface area contributed by atoms with Gasteiger partial charge in [-0.3, -0.25) is 9.59 Å². The zero-order chi connectivity index (χ0) is 22.3. The second-order valence-corrected chi connectivity index (χ2v) is 7.72. The summed E-state index contributed by atoms with van der Waals surface area (Å²) in [5.74, 6) is -1.02. The van der Waals surface area contributed by atoms with Gasteiger partial charge in [0.2, 0.25) is 0 Å². The fraction of sp³-hybridized carbons (Fsp3) is 0.318. The van der Waals surface area contributed by atoms with E-state index in [1.807, 2.05) is 13.8 Å². The fourth-order valence-corrected chi connectivity index (χ4v) is 2.76. The van der Waals surface area contributed by atoms with Crippen molar-refractivity contribution in [2.45, 2.75) is 39.8 Å². The fourth-order valence-electron chi connectivity index (χ4n) is 2.58. The highest BCUT2D eigenvalue weighted by atomic mass is 35.5. The van der Waals surface area contributed by atoms with Gasteiger partial charge in [-0.1, -0.05) is 25.4 Å². The molecule has 30 heavy (non-hydrogen) atoms. The lowest BCUT2D eigenvalue weighted by atomic mass is 10.0. The minimum atomic E-state index is -0.828. The van der Waals surface area contributed by atoms with Gasteiger partial charge in [0.05, 0.1) is 12.3 Å². The van der Waals surface area contributed by atoms with E-state index in [1.54, 1.807) is 32.0 Å². The van der Waals surface area contributed by atoms with Gasteiger partial charge < -0.3 is 10.1 Å². The van der Waals surface area contributed by atoms with E-state index in [2.05, 4.69) is 15.8 Å². The van der Waals surface area contributed by atoms with Crippen LogP contribution >= 0.6 is 11.6 Å². The lowest BCUT2D eigenvalue weighted by Crippen LogP contribution is -2.48. The lowest BCUT2D eigenvalue weighted by Gasteiger charge is -2.20. The topological polar surface area (TPSA) is 79.8 Å². The molecule has 0 radical (unpaired) electrons. The molecule has 1 atom stereocenters. The summed E-state index contributed by atoms with van der Waals surface area (Å²) < 4.78 is 18.7. The molecule has 2 amide bonds. The van der Waals surface area contributed by atoms with Crippen molar-refractivity contribution in [3.63, 3.8) is 0 Å². The third-order valence-corrected chi connectivity index (χ3v) is 4.29. The maximum absolute atomic E-state index is 13.0. The predicted octanol–water partition coefficient (Wildman–Crippen LogP) is 4.17. The average Bonchev–Trinajstić information content (AvgIpc) is 2.67. The molecule has 0 saturated carbocycles. The second-order valence-electron chi connectivity index (χ2n) is 7.29. The zero-order valence-electron chi connectivity index (χ0n) is 17.3. The standard InChI is InChI=1S/C22H25ClFN3O3/c1-13(2)20(26-21(28)15-5-8-18(24)9-6-15)22(29)27-25-12-16-11-17(23)7-10-19(16)30-14(3)4/h5-14,20H,1-4H3,(H,26,28)(H,27,29). The SMILES string of the molecule is CC(C)Oc1ccc(Cl)cc1C=NNC(=O)C(NC(=O)c1ccc(F)cc1)C(C)C. The first-order valence-corrected chi connectivity index (χ1v) is 9.90. The number of carbonyl (C=O) groups excluding carboxylic acids is 2. The Kier molecular flexibility index (Phi) is 8.35. The van der Waals surface area contributed by atoms with E-state index in [1.165, 1.54) is 30.5 Å². The van der Waals surface area contributed by atoms with Gasteiger partial charge in [-0.2, -0.15) is 5.10 Å². The van der Waals surface area contributed by atoms with Crippen molar-refractivity contribution < 1.29 is 18.7 Å². The number of halogens is 2. The van der Waals surface area contributed by atoms with Crippen LogP contribution in [0.25, 0.3) is 0 Å². The van der Waals surface area contributed by atoms with Gasteiger partial charge in [-0.25, -0.2) is 9.82 Å². The molecule has 2 rings (SSSR count).